The van der Waals surface area contributed by atoms with Gasteiger partial charge in [0.25, 0.3) is 0 Å². The van der Waals surface area contributed by atoms with Gasteiger partial charge in [0, 0.05) is 41.6 Å². The van der Waals surface area contributed by atoms with Crippen molar-refractivity contribution in [3.63, 3.8) is 0 Å². The molecule has 0 fully saturated rings. The molecule has 0 aromatic heterocycles. The molecule has 2 heterocycles. The minimum atomic E-state index is -0.176. The minimum absolute atomic E-state index is 0. The third kappa shape index (κ3) is 6.19. The number of hydrogen-bond donors (Lipinski definition) is 0. The van der Waals surface area contributed by atoms with Gasteiger partial charge in [-0.25, -0.2) is 0 Å². The van der Waals surface area contributed by atoms with Gasteiger partial charge in [0.05, 0.1) is 5.41 Å². The summed E-state index contributed by atoms with van der Waals surface area (Å²) >= 11 is -0.176. The summed E-state index contributed by atoms with van der Waals surface area (Å²) in [6, 6.07) is 17.3. The molecule has 35 heavy (non-hydrogen) atoms. The smallest absolute Gasteiger partial charge is 1.00 e. The number of hydrogen-bond acceptors (Lipinski definition) is 1. The second-order valence-corrected chi connectivity index (χ2v) is 12.6. The molecule has 2 aliphatic rings. The molecule has 0 N–H and O–H groups in total. The fourth-order valence-corrected chi connectivity index (χ4v) is 5.09. The summed E-state index contributed by atoms with van der Waals surface area (Å²) in [4.78, 5) is 2.30. The zero-order valence-corrected chi connectivity index (χ0v) is 27.1. The van der Waals surface area contributed by atoms with Crippen molar-refractivity contribution < 1.29 is 50.9 Å². The standard InChI is InChI=1S/C29H33N2.CH5IP.HI/c1-28(2)22-16-12-14-18-24(22)30(5)26(28)20-10-8-7-9-11-21-27-29(3,4)23-17-13-15-19-25(23)31(27)6;2-1-3;/h7-21H,1-6H3;2H,1,3H2;1H/q+1;-1;/p-1/i;2T;. The van der Waals surface area contributed by atoms with Crippen molar-refractivity contribution in [2.45, 2.75) is 38.5 Å². The zero-order chi connectivity index (χ0) is 25.6. The second-order valence-electron chi connectivity index (χ2n) is 9.62. The van der Waals surface area contributed by atoms with E-state index < -0.39 is 0 Å². The third-order valence-corrected chi connectivity index (χ3v) is 6.83. The molecule has 4 rings (SSSR count). The van der Waals surface area contributed by atoms with Crippen LogP contribution < -0.4 is 51.3 Å². The Labute approximate surface area is 245 Å². The van der Waals surface area contributed by atoms with Crippen LogP contribution in [0.4, 0.5) is 11.4 Å². The number of nitrogens with zero attached hydrogens (tertiary/aromatic N) is 2. The van der Waals surface area contributed by atoms with Gasteiger partial charge < -0.3 is 28.9 Å². The quantitative estimate of drug-likeness (QED) is 0.146. The summed E-state index contributed by atoms with van der Waals surface area (Å²) in [5.74, 6) is 0. The van der Waals surface area contributed by atoms with Gasteiger partial charge in [-0.05, 0) is 31.6 Å². The van der Waals surface area contributed by atoms with Crippen LogP contribution in [-0.2, 0) is 10.8 Å². The van der Waals surface area contributed by atoms with Gasteiger partial charge in [-0.15, -0.1) is 0 Å². The number of allylic oxidation sites excluding steroid dienone is 8. The van der Waals surface area contributed by atoms with E-state index in [1.807, 2.05) is 0 Å². The minimum Gasteiger partial charge on any atom is -1.00 e. The predicted molar refractivity (Wildman–Crippen MR) is 150 cm³/mol. The number of alkyl halides is 1. The molecular weight excluding hydrogens is 673 g/mol. The number of likely N-dealkylation sites (N-methyl/N-ethyl adjacent to an activating group) is 1. The van der Waals surface area contributed by atoms with Crippen molar-refractivity contribution in [3.8, 4) is 0 Å². The fraction of sp³-hybridized carbons (Fsp3) is 0.300. The monoisotopic (exact) mass is 713 g/mol. The maximum atomic E-state index is 6.54. The van der Waals surface area contributed by atoms with Crippen LogP contribution in [0, 0.1) is 0 Å². The van der Waals surface area contributed by atoms with E-state index in [9.17, 15) is 0 Å². The molecule has 1 atom stereocenters. The molecule has 5 heteroatoms. The number of para-hydroxylation sites is 2. The van der Waals surface area contributed by atoms with Gasteiger partial charge >= 0.3 is 36.4 Å². The Morgan fingerprint density at radius 2 is 1.49 bits per heavy atom. The Hall–Kier alpha value is -1.24. The number of fused-ring (bicyclic) bond motifs is 2. The second kappa shape index (κ2) is 12.8. The Kier molecular flexibility index (Phi) is 10.4. The summed E-state index contributed by atoms with van der Waals surface area (Å²) in [5, 5.41) is 0. The summed E-state index contributed by atoms with van der Waals surface area (Å²) < 4.78 is 9.85. The van der Waals surface area contributed by atoms with Gasteiger partial charge in [-0.3, -0.25) is 0 Å². The van der Waals surface area contributed by atoms with Crippen LogP contribution in [-0.4, -0.2) is 29.1 Å². The van der Waals surface area contributed by atoms with E-state index in [1.54, 1.807) is 0 Å². The van der Waals surface area contributed by atoms with Crippen LogP contribution in [0.15, 0.2) is 96.8 Å². The van der Waals surface area contributed by atoms with Gasteiger partial charge in [-0.1, -0.05) is 80.6 Å². The fourth-order valence-electron chi connectivity index (χ4n) is 5.09. The first-order valence-electron chi connectivity index (χ1n) is 12.1. The first kappa shape index (κ1) is 28.3. The first-order valence-corrected chi connectivity index (χ1v) is 14.0. The number of halogens is 2. The maximum Gasteiger partial charge on any atom is -1.00 e. The zero-order valence-electron chi connectivity index (χ0n) is 22.6. The maximum absolute atomic E-state index is 6.54. The molecule has 2 aliphatic heterocycles. The van der Waals surface area contributed by atoms with Crippen LogP contribution >= 0.6 is 9.24 Å². The van der Waals surface area contributed by atoms with E-state index in [4.69, 9.17) is 0.594 Å². The summed E-state index contributed by atoms with van der Waals surface area (Å²) in [6.45, 7) is 9.18. The van der Waals surface area contributed by atoms with Crippen molar-refractivity contribution in [2.24, 2.45) is 0 Å². The summed E-state index contributed by atoms with van der Waals surface area (Å²) in [7, 11) is 6.82. The van der Waals surface area contributed by atoms with E-state index >= 15 is 0 Å². The topological polar surface area (TPSA) is 6.25 Å². The molecule has 2 nitrogen and oxygen atoms in total. The molecule has 0 saturated heterocycles. The SMILES string of the molecule is CN1C(=CC=CC=CC=CC2=[N+](C)c3ccccc3C2(C)C)C(C)(C)c2ccccc21.[3H][I-]CP.[I-]. The Balaban J connectivity index is 0.000000850. The van der Waals surface area contributed by atoms with E-state index in [0.717, 1.165) is 4.17 Å². The van der Waals surface area contributed by atoms with Gasteiger partial charge in [0.15, 0.2) is 5.71 Å². The average molecular weight is 713 g/mol. The van der Waals surface area contributed by atoms with Crippen molar-refractivity contribution in [1.29, 1.82) is 0.594 Å². The summed E-state index contributed by atoms with van der Waals surface area (Å²) in [5.41, 5.74) is 8.04. The van der Waals surface area contributed by atoms with Crippen molar-refractivity contribution in [1.82, 2.24) is 0 Å². The first-order chi connectivity index (χ1) is 16.7. The Bertz CT molecular complexity index is 1210. The molecule has 1 unspecified atom stereocenters. The van der Waals surface area contributed by atoms with Crippen LogP contribution in [0.2, 0.25) is 0 Å². The normalized spacial score (nSPS) is 19.2. The van der Waals surface area contributed by atoms with Crippen LogP contribution in [0.1, 0.15) is 38.8 Å². The molecule has 0 spiro atoms. The molecule has 2 aromatic rings. The number of benzene rings is 2. The van der Waals surface area contributed by atoms with Gasteiger partial charge in [0.1, 0.15) is 7.05 Å². The molecule has 0 amide bonds. The van der Waals surface area contributed by atoms with Crippen molar-refractivity contribution in [2.75, 3.05) is 23.2 Å². The molecular formula is C30H38I2N2P-. The Morgan fingerprint density at radius 3 is 2.11 bits per heavy atom. The molecule has 0 saturated carbocycles. The predicted octanol–water partition coefficient (Wildman–Crippen LogP) is 0.781. The summed E-state index contributed by atoms with van der Waals surface area (Å²) in [6.07, 6.45) is 15.0. The Morgan fingerprint density at radius 1 is 0.914 bits per heavy atom. The third-order valence-electron chi connectivity index (χ3n) is 6.83. The molecule has 0 radical (unpaired) electrons. The van der Waals surface area contributed by atoms with Crippen molar-refractivity contribution in [3.05, 3.63) is 108 Å². The largest absolute Gasteiger partial charge is 1.00 e. The number of anilines is 1. The van der Waals surface area contributed by atoms with Crippen LogP contribution in [0.25, 0.3) is 0 Å². The molecule has 188 valence electrons. The van der Waals surface area contributed by atoms with E-state index in [-0.39, 0.29) is 57.2 Å². The van der Waals surface area contributed by atoms with Gasteiger partial charge in [0.2, 0.25) is 5.69 Å². The van der Waals surface area contributed by atoms with Crippen LogP contribution in [0.5, 0.6) is 0 Å². The number of rotatable bonds is 5. The molecule has 0 aliphatic carbocycles. The van der Waals surface area contributed by atoms with Crippen LogP contribution in [0.3, 0.4) is 0 Å². The molecule has 0 bridgehead atoms. The van der Waals surface area contributed by atoms with E-state index in [0.29, 0.717) is 0 Å². The van der Waals surface area contributed by atoms with Crippen molar-refractivity contribution >= 4 is 26.3 Å². The van der Waals surface area contributed by atoms with E-state index in [1.165, 1.54) is 33.9 Å². The van der Waals surface area contributed by atoms with E-state index in [2.05, 4.69) is 152 Å². The van der Waals surface area contributed by atoms with Gasteiger partial charge in [-0.2, -0.15) is 4.58 Å². The molecule has 2 aromatic carbocycles. The average Bonchev–Trinajstić information content (AvgIpc) is 3.17.